The Morgan fingerprint density at radius 1 is 1.24 bits per heavy atom. The van der Waals surface area contributed by atoms with Crippen molar-refractivity contribution < 1.29 is 9.53 Å². The molecule has 3 aliphatic rings. The molecule has 2 aromatic heterocycles. The summed E-state index contributed by atoms with van der Waals surface area (Å²) in [6.45, 7) is 7.36. The molecule has 1 spiro atoms. The largest absolute Gasteiger partial charge is 0.368 e. The summed E-state index contributed by atoms with van der Waals surface area (Å²) in [5, 5.41) is 10.4. The quantitative estimate of drug-likeness (QED) is 0.821. The van der Waals surface area contributed by atoms with Crippen LogP contribution in [0, 0.1) is 5.92 Å². The predicted octanol–water partition coefficient (Wildman–Crippen LogP) is 1.75. The van der Waals surface area contributed by atoms with Gasteiger partial charge in [0.15, 0.2) is 0 Å². The number of hydrogen-bond donors (Lipinski definition) is 2. The number of carbonyl (C=O) groups excluding carboxylic acids is 1. The third-order valence-corrected chi connectivity index (χ3v) is 6.29. The number of carbonyl (C=O) groups is 1. The van der Waals surface area contributed by atoms with Gasteiger partial charge in [-0.15, -0.1) is 0 Å². The number of aromatic nitrogens is 4. The summed E-state index contributed by atoms with van der Waals surface area (Å²) in [6.07, 6.45) is 6.17. The normalized spacial score (nSPS) is 20.5. The summed E-state index contributed by atoms with van der Waals surface area (Å²) in [5.41, 5.74) is 3.70. The van der Waals surface area contributed by atoms with E-state index in [1.807, 2.05) is 6.20 Å². The van der Waals surface area contributed by atoms with Crippen LogP contribution in [0.25, 0.3) is 0 Å². The van der Waals surface area contributed by atoms with E-state index in [0.29, 0.717) is 18.2 Å². The highest BCUT2D eigenvalue weighted by molar-refractivity contribution is 5.96. The zero-order valence-corrected chi connectivity index (χ0v) is 17.1. The van der Waals surface area contributed by atoms with Gasteiger partial charge >= 0.3 is 0 Å². The maximum Gasteiger partial charge on any atom is 0.270 e. The second kappa shape index (κ2) is 7.09. The van der Waals surface area contributed by atoms with E-state index in [1.165, 1.54) is 5.56 Å². The standard InChI is InChI=1S/C21H28N6O2/c1-13(2)11-16-24-17-15(3-7-22-20(17)28)19(25-16)27-8-5-21(6-9-27)18-14(4-10-29-21)12-23-26-18/h12-13H,3-11H2,1-2H3,(H,22,28)(H,23,26). The first-order valence-corrected chi connectivity index (χ1v) is 10.7. The van der Waals surface area contributed by atoms with Gasteiger partial charge in [0, 0.05) is 31.6 Å². The Bertz CT molecular complexity index is 929. The van der Waals surface area contributed by atoms with Crippen molar-refractivity contribution in [2.45, 2.75) is 51.6 Å². The number of hydrogen-bond acceptors (Lipinski definition) is 6. The fourth-order valence-electron chi connectivity index (χ4n) is 4.84. The highest BCUT2D eigenvalue weighted by Gasteiger charge is 2.43. The molecule has 5 rings (SSSR count). The molecule has 8 heteroatoms. The zero-order valence-electron chi connectivity index (χ0n) is 17.1. The van der Waals surface area contributed by atoms with E-state index in [-0.39, 0.29) is 11.5 Å². The van der Waals surface area contributed by atoms with E-state index in [9.17, 15) is 4.79 Å². The van der Waals surface area contributed by atoms with Gasteiger partial charge in [-0.05, 0) is 37.2 Å². The van der Waals surface area contributed by atoms with E-state index < -0.39 is 0 Å². The molecule has 0 unspecified atom stereocenters. The molecule has 8 nitrogen and oxygen atoms in total. The Morgan fingerprint density at radius 3 is 2.86 bits per heavy atom. The van der Waals surface area contributed by atoms with Crippen molar-refractivity contribution in [1.82, 2.24) is 25.5 Å². The van der Waals surface area contributed by atoms with E-state index in [1.54, 1.807) is 0 Å². The van der Waals surface area contributed by atoms with E-state index in [0.717, 1.165) is 74.7 Å². The second-order valence-electron chi connectivity index (χ2n) is 8.74. The van der Waals surface area contributed by atoms with Crippen LogP contribution < -0.4 is 10.2 Å². The van der Waals surface area contributed by atoms with Crippen LogP contribution in [0.15, 0.2) is 6.20 Å². The molecule has 3 aliphatic heterocycles. The molecule has 5 heterocycles. The SMILES string of the molecule is CC(C)Cc1nc2c(c(N3CCC4(CC3)OCCc3cn[nH]c34)n1)CCNC2=O. The first kappa shape index (κ1) is 18.5. The van der Waals surface area contributed by atoms with E-state index in [2.05, 4.69) is 39.2 Å². The molecule has 0 bridgehead atoms. The molecule has 0 atom stereocenters. The molecule has 0 radical (unpaired) electrons. The van der Waals surface area contributed by atoms with Crippen LogP contribution in [0.3, 0.4) is 0 Å². The number of rotatable bonds is 3. The average Bonchev–Trinajstić information content (AvgIpc) is 3.19. The van der Waals surface area contributed by atoms with Crippen LogP contribution in [0.5, 0.6) is 0 Å². The van der Waals surface area contributed by atoms with Crippen LogP contribution in [-0.4, -0.2) is 52.3 Å². The predicted molar refractivity (Wildman–Crippen MR) is 108 cm³/mol. The minimum Gasteiger partial charge on any atom is -0.368 e. The van der Waals surface area contributed by atoms with Crippen LogP contribution in [-0.2, 0) is 29.6 Å². The molecule has 1 amide bonds. The van der Waals surface area contributed by atoms with Gasteiger partial charge in [-0.3, -0.25) is 9.89 Å². The minimum absolute atomic E-state index is 0.0777. The second-order valence-corrected chi connectivity index (χ2v) is 8.74. The number of piperidine rings is 1. The van der Waals surface area contributed by atoms with Gasteiger partial charge in [0.25, 0.3) is 5.91 Å². The van der Waals surface area contributed by atoms with Crippen molar-refractivity contribution in [2.24, 2.45) is 5.92 Å². The number of aromatic amines is 1. The lowest BCUT2D eigenvalue weighted by atomic mass is 9.83. The third kappa shape index (κ3) is 3.19. The number of nitrogens with one attached hydrogen (secondary N) is 2. The van der Waals surface area contributed by atoms with Gasteiger partial charge in [0.1, 0.15) is 22.9 Å². The number of fused-ring (bicyclic) bond motifs is 3. The lowest BCUT2D eigenvalue weighted by molar-refractivity contribution is -0.0796. The Kier molecular flexibility index (Phi) is 4.53. The number of amides is 1. The molecule has 1 saturated heterocycles. The van der Waals surface area contributed by atoms with Crippen molar-refractivity contribution in [1.29, 1.82) is 0 Å². The van der Waals surface area contributed by atoms with Gasteiger partial charge in [-0.25, -0.2) is 9.97 Å². The van der Waals surface area contributed by atoms with Crippen LogP contribution in [0.4, 0.5) is 5.82 Å². The van der Waals surface area contributed by atoms with Gasteiger partial charge in [0.05, 0.1) is 18.5 Å². The highest BCUT2D eigenvalue weighted by atomic mass is 16.5. The van der Waals surface area contributed by atoms with Gasteiger partial charge < -0.3 is 15.0 Å². The summed E-state index contributed by atoms with van der Waals surface area (Å²) in [6, 6.07) is 0. The van der Waals surface area contributed by atoms with Gasteiger partial charge in [-0.1, -0.05) is 13.8 Å². The minimum atomic E-state index is -0.272. The molecule has 154 valence electrons. The Morgan fingerprint density at radius 2 is 2.07 bits per heavy atom. The molecule has 29 heavy (non-hydrogen) atoms. The number of ether oxygens (including phenoxy) is 1. The van der Waals surface area contributed by atoms with E-state index >= 15 is 0 Å². The molecular formula is C21H28N6O2. The number of H-pyrrole nitrogens is 1. The molecule has 2 aromatic rings. The van der Waals surface area contributed by atoms with Crippen molar-refractivity contribution in [3.8, 4) is 0 Å². The van der Waals surface area contributed by atoms with Crippen LogP contribution in [0.2, 0.25) is 0 Å². The lowest BCUT2D eigenvalue weighted by Gasteiger charge is -2.44. The third-order valence-electron chi connectivity index (χ3n) is 6.29. The monoisotopic (exact) mass is 396 g/mol. The summed E-state index contributed by atoms with van der Waals surface area (Å²) >= 11 is 0. The Labute approximate surface area is 170 Å². The van der Waals surface area contributed by atoms with Crippen LogP contribution >= 0.6 is 0 Å². The number of nitrogens with zero attached hydrogens (tertiary/aromatic N) is 4. The molecule has 2 N–H and O–H groups in total. The molecule has 0 aliphatic carbocycles. The first-order valence-electron chi connectivity index (χ1n) is 10.7. The molecule has 0 saturated carbocycles. The van der Waals surface area contributed by atoms with Gasteiger partial charge in [0.2, 0.25) is 0 Å². The fraction of sp³-hybridized carbons (Fsp3) is 0.619. The summed E-state index contributed by atoms with van der Waals surface area (Å²) < 4.78 is 6.29. The zero-order chi connectivity index (χ0) is 20.0. The van der Waals surface area contributed by atoms with Gasteiger partial charge in [-0.2, -0.15) is 5.10 Å². The molecule has 1 fully saturated rings. The Balaban J connectivity index is 1.45. The average molecular weight is 396 g/mol. The van der Waals surface area contributed by atoms with Crippen molar-refractivity contribution in [2.75, 3.05) is 31.1 Å². The first-order chi connectivity index (χ1) is 14.1. The van der Waals surface area contributed by atoms with Crippen molar-refractivity contribution >= 4 is 11.7 Å². The smallest absolute Gasteiger partial charge is 0.270 e. The van der Waals surface area contributed by atoms with Crippen molar-refractivity contribution in [3.63, 3.8) is 0 Å². The summed E-state index contributed by atoms with van der Waals surface area (Å²) in [4.78, 5) is 24.3. The molecular weight excluding hydrogens is 368 g/mol. The summed E-state index contributed by atoms with van der Waals surface area (Å²) in [5.74, 6) is 2.06. The highest BCUT2D eigenvalue weighted by Crippen LogP contribution is 2.41. The summed E-state index contributed by atoms with van der Waals surface area (Å²) in [7, 11) is 0. The molecule has 0 aromatic carbocycles. The maximum atomic E-state index is 12.5. The lowest BCUT2D eigenvalue weighted by Crippen LogP contribution is -2.47. The topological polar surface area (TPSA) is 96.0 Å². The fourth-order valence-corrected chi connectivity index (χ4v) is 4.84. The maximum absolute atomic E-state index is 12.5. The Hall–Kier alpha value is -2.48. The van der Waals surface area contributed by atoms with Crippen LogP contribution in [0.1, 0.15) is 59.8 Å². The van der Waals surface area contributed by atoms with Crippen molar-refractivity contribution in [3.05, 3.63) is 34.5 Å². The van der Waals surface area contributed by atoms with E-state index in [4.69, 9.17) is 9.72 Å². The number of anilines is 1.